The number of fused-ring (bicyclic) bond motifs is 1. The van der Waals surface area contributed by atoms with Crippen molar-refractivity contribution in [1.82, 2.24) is 14.9 Å². The number of nitrogens with two attached hydrogens (primary N) is 1. The maximum Gasteiger partial charge on any atom is 0.573 e. The smallest absolute Gasteiger partial charge is 0.457 e. The highest BCUT2D eigenvalue weighted by Crippen LogP contribution is 2.29. The molecule has 1 heterocycles. The van der Waals surface area contributed by atoms with Crippen LogP contribution < -0.4 is 20.5 Å². The molecule has 166 valence electrons. The predicted octanol–water partition coefficient (Wildman–Crippen LogP) is 2.68. The van der Waals surface area contributed by atoms with E-state index in [9.17, 15) is 23.1 Å². The van der Waals surface area contributed by atoms with Crippen LogP contribution in [0.25, 0.3) is 11.0 Å². The summed E-state index contributed by atoms with van der Waals surface area (Å²) in [6.07, 6.45) is -4.76. The number of amides is 1. The van der Waals surface area contributed by atoms with Crippen LogP contribution in [0.15, 0.2) is 42.5 Å². The first-order valence-electron chi connectivity index (χ1n) is 9.32. The Morgan fingerprint density at radius 2 is 1.84 bits per heavy atom. The molecule has 0 aliphatic rings. The molecule has 1 unspecified atom stereocenters. The molecule has 0 spiro atoms. The lowest BCUT2D eigenvalue weighted by Crippen LogP contribution is -2.38. The Morgan fingerprint density at radius 1 is 1.19 bits per heavy atom. The summed E-state index contributed by atoms with van der Waals surface area (Å²) in [5.41, 5.74) is 6.59. The minimum Gasteiger partial charge on any atom is -0.457 e. The monoisotopic (exact) mass is 438 g/mol. The molecular weight excluding hydrogens is 417 g/mol. The quantitative estimate of drug-likeness (QED) is 0.474. The van der Waals surface area contributed by atoms with Crippen LogP contribution in [0.3, 0.4) is 0 Å². The summed E-state index contributed by atoms with van der Waals surface area (Å²) in [5, 5.41) is 12.4. The molecule has 8 nitrogen and oxygen atoms in total. The van der Waals surface area contributed by atoms with Gasteiger partial charge < -0.3 is 24.9 Å². The molecule has 0 radical (unpaired) electrons. The highest BCUT2D eigenvalue weighted by Gasteiger charge is 2.31. The Hall–Kier alpha value is -3.31. The van der Waals surface area contributed by atoms with Gasteiger partial charge in [0.15, 0.2) is 0 Å². The minimum atomic E-state index is -4.76. The van der Waals surface area contributed by atoms with E-state index in [-0.39, 0.29) is 25.4 Å². The number of halogens is 3. The van der Waals surface area contributed by atoms with Gasteiger partial charge in [-0.05, 0) is 43.3 Å². The zero-order valence-corrected chi connectivity index (χ0v) is 16.5. The van der Waals surface area contributed by atoms with Gasteiger partial charge in [0.2, 0.25) is 5.91 Å². The fourth-order valence-corrected chi connectivity index (χ4v) is 2.89. The molecular formula is C20H21F3N4O4. The number of carbonyl (C=O) groups is 1. The molecule has 1 aromatic heterocycles. The van der Waals surface area contributed by atoms with Crippen molar-refractivity contribution >= 4 is 16.9 Å². The molecule has 0 saturated carbocycles. The third-order valence-corrected chi connectivity index (χ3v) is 4.41. The lowest BCUT2D eigenvalue weighted by Gasteiger charge is -2.12. The molecule has 11 heteroatoms. The standard InChI is InChI=1S/C20H21F3N4O4/c1-12(19(24)29)25-11-18-26-16-7-6-15(10-17(16)27(18)8-9-28)30-13-2-4-14(5-3-13)31-20(21,22)23/h2-7,10,12,25,28H,8-9,11H2,1H3,(H2,24,29). The number of imidazole rings is 1. The summed E-state index contributed by atoms with van der Waals surface area (Å²) in [5.74, 6) is 0.508. The molecule has 2 aromatic carbocycles. The molecule has 0 saturated heterocycles. The number of aliphatic hydroxyl groups excluding tert-OH is 1. The SMILES string of the molecule is CC(NCc1nc2ccc(Oc3ccc(OC(F)(F)F)cc3)cc2n1CCO)C(N)=O. The Balaban J connectivity index is 1.81. The number of carbonyl (C=O) groups excluding carboxylic acids is 1. The highest BCUT2D eigenvalue weighted by molar-refractivity contribution is 5.79. The summed E-state index contributed by atoms with van der Waals surface area (Å²) >= 11 is 0. The number of ether oxygens (including phenoxy) is 2. The number of aromatic nitrogens is 2. The Morgan fingerprint density at radius 3 is 2.45 bits per heavy atom. The van der Waals surface area contributed by atoms with Crippen molar-refractivity contribution in [3.05, 3.63) is 48.3 Å². The van der Waals surface area contributed by atoms with Gasteiger partial charge in [-0.2, -0.15) is 0 Å². The second-order valence-corrected chi connectivity index (χ2v) is 6.68. The van der Waals surface area contributed by atoms with Crippen molar-refractivity contribution in [2.75, 3.05) is 6.61 Å². The van der Waals surface area contributed by atoms with E-state index in [1.54, 1.807) is 29.7 Å². The van der Waals surface area contributed by atoms with Gasteiger partial charge in [-0.3, -0.25) is 10.1 Å². The number of nitrogens with zero attached hydrogens (tertiary/aromatic N) is 2. The summed E-state index contributed by atoms with van der Waals surface area (Å²) in [6, 6.07) is 9.57. The average Bonchev–Trinajstić information content (AvgIpc) is 3.04. The third-order valence-electron chi connectivity index (χ3n) is 4.41. The van der Waals surface area contributed by atoms with E-state index >= 15 is 0 Å². The van der Waals surface area contributed by atoms with Gasteiger partial charge in [0.25, 0.3) is 0 Å². The van der Waals surface area contributed by atoms with Crippen LogP contribution >= 0.6 is 0 Å². The maximum absolute atomic E-state index is 12.3. The Labute approximate surface area is 175 Å². The molecule has 31 heavy (non-hydrogen) atoms. The van der Waals surface area contributed by atoms with Crippen molar-refractivity contribution < 1.29 is 32.5 Å². The van der Waals surface area contributed by atoms with Gasteiger partial charge >= 0.3 is 6.36 Å². The molecule has 1 amide bonds. The topological polar surface area (TPSA) is 112 Å². The molecule has 4 N–H and O–H groups in total. The summed E-state index contributed by atoms with van der Waals surface area (Å²) in [6.45, 7) is 2.04. The lowest BCUT2D eigenvalue weighted by atomic mass is 10.3. The van der Waals surface area contributed by atoms with Crippen molar-refractivity contribution in [2.45, 2.75) is 32.4 Å². The maximum atomic E-state index is 12.3. The van der Waals surface area contributed by atoms with Crippen LogP contribution in [-0.4, -0.2) is 39.6 Å². The fourth-order valence-electron chi connectivity index (χ4n) is 2.89. The predicted molar refractivity (Wildman–Crippen MR) is 106 cm³/mol. The molecule has 0 bridgehead atoms. The summed E-state index contributed by atoms with van der Waals surface area (Å²) in [4.78, 5) is 15.7. The van der Waals surface area contributed by atoms with Crippen LogP contribution in [-0.2, 0) is 17.9 Å². The van der Waals surface area contributed by atoms with Crippen LogP contribution in [0.2, 0.25) is 0 Å². The van der Waals surface area contributed by atoms with Crippen LogP contribution in [0.5, 0.6) is 17.2 Å². The zero-order valence-electron chi connectivity index (χ0n) is 16.5. The summed E-state index contributed by atoms with van der Waals surface area (Å²) < 4.78 is 48.2. The van der Waals surface area contributed by atoms with E-state index < -0.39 is 18.3 Å². The van der Waals surface area contributed by atoms with Gasteiger partial charge in [0, 0.05) is 12.6 Å². The first kappa shape index (κ1) is 22.4. The first-order chi connectivity index (χ1) is 14.7. The Kier molecular flexibility index (Phi) is 6.66. The number of alkyl halides is 3. The molecule has 0 fully saturated rings. The normalized spacial score (nSPS) is 12.7. The summed E-state index contributed by atoms with van der Waals surface area (Å²) in [7, 11) is 0. The molecule has 0 aliphatic heterocycles. The first-order valence-corrected chi connectivity index (χ1v) is 9.32. The molecule has 3 rings (SSSR count). The highest BCUT2D eigenvalue weighted by atomic mass is 19.4. The minimum absolute atomic E-state index is 0.129. The van der Waals surface area contributed by atoms with E-state index in [1.165, 1.54) is 12.1 Å². The van der Waals surface area contributed by atoms with Gasteiger partial charge in [-0.25, -0.2) is 4.98 Å². The van der Waals surface area contributed by atoms with E-state index in [0.29, 0.717) is 28.4 Å². The second-order valence-electron chi connectivity index (χ2n) is 6.68. The van der Waals surface area contributed by atoms with E-state index in [1.807, 2.05) is 0 Å². The van der Waals surface area contributed by atoms with Crippen LogP contribution in [0, 0.1) is 0 Å². The van der Waals surface area contributed by atoms with Crippen molar-refractivity contribution in [3.63, 3.8) is 0 Å². The third kappa shape index (κ3) is 5.86. The molecule has 1 atom stereocenters. The fraction of sp³-hybridized carbons (Fsp3) is 0.300. The van der Waals surface area contributed by atoms with E-state index in [0.717, 1.165) is 12.1 Å². The number of rotatable bonds is 9. The average molecular weight is 438 g/mol. The van der Waals surface area contributed by atoms with E-state index in [2.05, 4.69) is 15.0 Å². The zero-order chi connectivity index (χ0) is 22.6. The number of hydrogen-bond donors (Lipinski definition) is 3. The Bertz CT molecular complexity index is 1050. The number of benzene rings is 2. The van der Waals surface area contributed by atoms with Crippen LogP contribution in [0.4, 0.5) is 13.2 Å². The van der Waals surface area contributed by atoms with E-state index in [4.69, 9.17) is 10.5 Å². The number of nitrogens with one attached hydrogen (secondary N) is 1. The number of aliphatic hydroxyl groups is 1. The van der Waals surface area contributed by atoms with Gasteiger partial charge in [-0.1, -0.05) is 0 Å². The second kappa shape index (κ2) is 9.23. The van der Waals surface area contributed by atoms with Gasteiger partial charge in [-0.15, -0.1) is 13.2 Å². The molecule has 3 aromatic rings. The van der Waals surface area contributed by atoms with Crippen LogP contribution in [0.1, 0.15) is 12.7 Å². The van der Waals surface area contributed by atoms with Gasteiger partial charge in [0.1, 0.15) is 23.1 Å². The molecule has 0 aliphatic carbocycles. The largest absolute Gasteiger partial charge is 0.573 e. The van der Waals surface area contributed by atoms with Gasteiger partial charge in [0.05, 0.1) is 30.2 Å². The van der Waals surface area contributed by atoms with Crippen molar-refractivity contribution in [3.8, 4) is 17.2 Å². The number of primary amides is 1. The number of hydrogen-bond acceptors (Lipinski definition) is 6. The van der Waals surface area contributed by atoms with Crippen molar-refractivity contribution in [1.29, 1.82) is 0 Å². The van der Waals surface area contributed by atoms with Crippen molar-refractivity contribution in [2.24, 2.45) is 5.73 Å². The lowest BCUT2D eigenvalue weighted by molar-refractivity contribution is -0.274.